The molecule has 0 fully saturated rings. The molecule has 0 aliphatic carbocycles. The van der Waals surface area contributed by atoms with Gasteiger partial charge in [-0.1, -0.05) is 36.4 Å². The average molecular weight is 233 g/mol. The zero-order chi connectivity index (χ0) is 12.7. The summed E-state index contributed by atoms with van der Waals surface area (Å²) in [6, 6.07) is 9.31. The van der Waals surface area contributed by atoms with Gasteiger partial charge < -0.3 is 10.1 Å². The Morgan fingerprint density at radius 3 is 2.47 bits per heavy atom. The van der Waals surface area contributed by atoms with Crippen molar-refractivity contribution in [3.05, 3.63) is 47.7 Å². The first-order valence-corrected chi connectivity index (χ1v) is 5.25. The summed E-state index contributed by atoms with van der Waals surface area (Å²) in [5, 5.41) is 2.51. The van der Waals surface area contributed by atoms with Gasteiger partial charge in [0.05, 0.1) is 13.5 Å². The molecular formula is C13H15NO3. The number of amides is 1. The van der Waals surface area contributed by atoms with Crippen molar-refractivity contribution in [3.63, 3.8) is 0 Å². The van der Waals surface area contributed by atoms with E-state index in [1.54, 1.807) is 6.92 Å². The first-order valence-electron chi connectivity index (χ1n) is 5.25. The number of esters is 1. The van der Waals surface area contributed by atoms with Crippen LogP contribution in [0, 0.1) is 0 Å². The van der Waals surface area contributed by atoms with Crippen LogP contribution in [0.2, 0.25) is 0 Å². The molecule has 0 bridgehead atoms. The van der Waals surface area contributed by atoms with E-state index in [1.165, 1.54) is 13.2 Å². The summed E-state index contributed by atoms with van der Waals surface area (Å²) < 4.78 is 4.53. The monoisotopic (exact) mass is 233 g/mol. The Bertz CT molecular complexity index is 424. The molecule has 0 unspecified atom stereocenters. The Balaban J connectivity index is 2.58. The summed E-state index contributed by atoms with van der Waals surface area (Å²) in [4.78, 5) is 22.9. The Labute approximate surface area is 100 Å². The van der Waals surface area contributed by atoms with Crippen LogP contribution in [0.1, 0.15) is 12.5 Å². The van der Waals surface area contributed by atoms with E-state index in [4.69, 9.17) is 0 Å². The molecule has 0 atom stereocenters. The van der Waals surface area contributed by atoms with Crippen LogP contribution in [0.3, 0.4) is 0 Å². The Kier molecular flexibility index (Phi) is 4.94. The normalized spacial score (nSPS) is 10.8. The van der Waals surface area contributed by atoms with E-state index in [2.05, 4.69) is 10.1 Å². The molecular weight excluding hydrogens is 218 g/mol. The van der Waals surface area contributed by atoms with Crippen LogP contribution < -0.4 is 5.32 Å². The molecule has 1 amide bonds. The standard InChI is InChI=1S/C13H15NO3/c1-3-11(13(16)17-2)14-12(15)9-10-7-5-4-6-8-10/h3-8H,9H2,1-2H3,(H,14,15)/b11-3+. The topological polar surface area (TPSA) is 55.4 Å². The van der Waals surface area contributed by atoms with Gasteiger partial charge in [-0.3, -0.25) is 4.79 Å². The summed E-state index contributed by atoms with van der Waals surface area (Å²) >= 11 is 0. The Hall–Kier alpha value is -2.10. The predicted molar refractivity (Wildman–Crippen MR) is 64.1 cm³/mol. The number of methoxy groups -OCH3 is 1. The second-order valence-corrected chi connectivity index (χ2v) is 3.40. The maximum atomic E-state index is 11.6. The molecule has 0 heterocycles. The fourth-order valence-electron chi connectivity index (χ4n) is 1.33. The van der Waals surface area contributed by atoms with Crippen molar-refractivity contribution < 1.29 is 14.3 Å². The number of hydrogen-bond acceptors (Lipinski definition) is 3. The van der Waals surface area contributed by atoms with Crippen LogP contribution in [0.15, 0.2) is 42.1 Å². The molecule has 0 saturated carbocycles. The molecule has 1 aromatic rings. The number of hydrogen-bond donors (Lipinski definition) is 1. The summed E-state index contributed by atoms with van der Waals surface area (Å²) in [5.41, 5.74) is 1.05. The third-order valence-electron chi connectivity index (χ3n) is 2.18. The van der Waals surface area contributed by atoms with Crippen LogP contribution >= 0.6 is 0 Å². The molecule has 0 radical (unpaired) electrons. The molecule has 0 spiro atoms. The Morgan fingerprint density at radius 1 is 1.29 bits per heavy atom. The molecule has 1 aromatic carbocycles. The number of ether oxygens (including phenoxy) is 1. The lowest BCUT2D eigenvalue weighted by molar-refractivity contribution is -0.137. The highest BCUT2D eigenvalue weighted by molar-refractivity contribution is 5.94. The number of carbonyl (C=O) groups excluding carboxylic acids is 2. The molecule has 0 saturated heterocycles. The molecule has 4 nitrogen and oxygen atoms in total. The van der Waals surface area contributed by atoms with Crippen LogP contribution in [0.5, 0.6) is 0 Å². The van der Waals surface area contributed by atoms with Gasteiger partial charge in [0.2, 0.25) is 5.91 Å². The summed E-state index contributed by atoms with van der Waals surface area (Å²) in [7, 11) is 1.27. The number of allylic oxidation sites excluding steroid dienone is 1. The average Bonchev–Trinajstić information content (AvgIpc) is 2.36. The van der Waals surface area contributed by atoms with Gasteiger partial charge >= 0.3 is 5.97 Å². The van der Waals surface area contributed by atoms with Crippen LogP contribution in [0.4, 0.5) is 0 Å². The zero-order valence-electron chi connectivity index (χ0n) is 9.90. The van der Waals surface area contributed by atoms with E-state index in [9.17, 15) is 9.59 Å². The lowest BCUT2D eigenvalue weighted by Gasteiger charge is -2.07. The van der Waals surface area contributed by atoms with Crippen molar-refractivity contribution in [2.24, 2.45) is 0 Å². The van der Waals surface area contributed by atoms with Crippen LogP contribution in [0.25, 0.3) is 0 Å². The largest absolute Gasteiger partial charge is 0.464 e. The fraction of sp³-hybridized carbons (Fsp3) is 0.231. The first kappa shape index (κ1) is 13.0. The maximum Gasteiger partial charge on any atom is 0.354 e. The van der Waals surface area contributed by atoms with Crippen molar-refractivity contribution >= 4 is 11.9 Å². The maximum absolute atomic E-state index is 11.6. The van der Waals surface area contributed by atoms with Gasteiger partial charge in [-0.2, -0.15) is 0 Å². The number of carbonyl (C=O) groups is 2. The van der Waals surface area contributed by atoms with Gasteiger partial charge in [-0.05, 0) is 12.5 Å². The van der Waals surface area contributed by atoms with Gasteiger partial charge in [0.1, 0.15) is 5.70 Å². The second-order valence-electron chi connectivity index (χ2n) is 3.40. The Morgan fingerprint density at radius 2 is 1.94 bits per heavy atom. The van der Waals surface area contributed by atoms with E-state index in [1.807, 2.05) is 30.3 Å². The molecule has 90 valence electrons. The third kappa shape index (κ3) is 4.10. The van der Waals surface area contributed by atoms with Crippen molar-refractivity contribution in [1.82, 2.24) is 5.32 Å². The van der Waals surface area contributed by atoms with E-state index in [0.29, 0.717) is 0 Å². The van der Waals surface area contributed by atoms with E-state index < -0.39 is 5.97 Å². The highest BCUT2D eigenvalue weighted by atomic mass is 16.5. The van der Waals surface area contributed by atoms with Gasteiger partial charge in [-0.15, -0.1) is 0 Å². The first-order chi connectivity index (χ1) is 8.17. The van der Waals surface area contributed by atoms with E-state index in [0.717, 1.165) is 5.56 Å². The minimum absolute atomic E-state index is 0.161. The minimum atomic E-state index is -0.547. The fourth-order valence-corrected chi connectivity index (χ4v) is 1.33. The van der Waals surface area contributed by atoms with E-state index >= 15 is 0 Å². The van der Waals surface area contributed by atoms with Gasteiger partial charge in [-0.25, -0.2) is 4.79 Å². The smallest absolute Gasteiger partial charge is 0.354 e. The molecule has 0 aliphatic heterocycles. The zero-order valence-corrected chi connectivity index (χ0v) is 9.90. The number of nitrogens with one attached hydrogen (secondary N) is 1. The molecule has 1 rings (SSSR count). The number of benzene rings is 1. The summed E-state index contributed by atoms with van der Waals surface area (Å²) in [6.07, 6.45) is 1.74. The quantitative estimate of drug-likeness (QED) is 0.632. The van der Waals surface area contributed by atoms with Crippen LogP contribution in [-0.2, 0) is 20.7 Å². The van der Waals surface area contributed by atoms with E-state index in [-0.39, 0.29) is 18.0 Å². The summed E-state index contributed by atoms with van der Waals surface area (Å²) in [5.74, 6) is -0.788. The minimum Gasteiger partial charge on any atom is -0.464 e. The molecule has 1 N–H and O–H groups in total. The van der Waals surface area contributed by atoms with Crippen LogP contribution in [-0.4, -0.2) is 19.0 Å². The molecule has 0 aromatic heterocycles. The lowest BCUT2D eigenvalue weighted by atomic mass is 10.1. The second kappa shape index (κ2) is 6.48. The van der Waals surface area contributed by atoms with Crippen molar-refractivity contribution in [1.29, 1.82) is 0 Å². The molecule has 17 heavy (non-hydrogen) atoms. The van der Waals surface area contributed by atoms with Crippen molar-refractivity contribution in [3.8, 4) is 0 Å². The molecule has 0 aliphatic rings. The van der Waals surface area contributed by atoms with Gasteiger partial charge in [0.15, 0.2) is 0 Å². The summed E-state index contributed by atoms with van der Waals surface area (Å²) in [6.45, 7) is 1.66. The highest BCUT2D eigenvalue weighted by Gasteiger charge is 2.12. The third-order valence-corrected chi connectivity index (χ3v) is 2.18. The lowest BCUT2D eigenvalue weighted by Crippen LogP contribution is -2.29. The van der Waals surface area contributed by atoms with Gasteiger partial charge in [0.25, 0.3) is 0 Å². The SMILES string of the molecule is C/C=C(/NC(=O)Cc1ccccc1)C(=O)OC. The number of rotatable bonds is 4. The highest BCUT2D eigenvalue weighted by Crippen LogP contribution is 2.00. The van der Waals surface area contributed by atoms with Crippen molar-refractivity contribution in [2.45, 2.75) is 13.3 Å². The van der Waals surface area contributed by atoms with Gasteiger partial charge in [0, 0.05) is 0 Å². The molecule has 4 heteroatoms. The predicted octanol–water partition coefficient (Wildman–Crippen LogP) is 1.42. The van der Waals surface area contributed by atoms with Crippen molar-refractivity contribution in [2.75, 3.05) is 7.11 Å².